The van der Waals surface area contributed by atoms with Crippen molar-refractivity contribution < 1.29 is 4.74 Å². The Balaban J connectivity index is 1.73. The highest BCUT2D eigenvalue weighted by atomic mass is 16.5. The molecule has 1 N–H and O–H groups in total. The van der Waals surface area contributed by atoms with E-state index in [-0.39, 0.29) is 0 Å². The molecule has 0 spiro atoms. The van der Waals surface area contributed by atoms with Crippen LogP contribution in [-0.2, 0) is 18.0 Å². The van der Waals surface area contributed by atoms with Gasteiger partial charge in [0.05, 0.1) is 12.1 Å². The third kappa shape index (κ3) is 2.99. The molecular weight excluding hydrogens is 236 g/mol. The number of hydrogen-bond donors (Lipinski definition) is 1. The Hall–Kier alpha value is -1.32. The third-order valence-corrected chi connectivity index (χ3v) is 3.75. The summed E-state index contributed by atoms with van der Waals surface area (Å²) in [5.74, 6) is 0.825. The summed E-state index contributed by atoms with van der Waals surface area (Å²) in [4.78, 5) is 0. The van der Waals surface area contributed by atoms with Crippen molar-refractivity contribution in [2.75, 3.05) is 13.2 Å². The van der Waals surface area contributed by atoms with Crippen LogP contribution in [0.3, 0.4) is 0 Å². The fraction of sp³-hybridized carbons (Fsp3) is 0.500. The Morgan fingerprint density at radius 2 is 2.21 bits per heavy atom. The van der Waals surface area contributed by atoms with Crippen molar-refractivity contribution in [3.63, 3.8) is 0 Å². The van der Waals surface area contributed by atoms with Crippen LogP contribution in [0.5, 0.6) is 0 Å². The van der Waals surface area contributed by atoms with Gasteiger partial charge in [0.2, 0.25) is 0 Å². The van der Waals surface area contributed by atoms with Gasteiger partial charge in [-0.1, -0.05) is 19.1 Å². The van der Waals surface area contributed by atoms with E-state index < -0.39 is 0 Å². The molecule has 1 saturated carbocycles. The van der Waals surface area contributed by atoms with Crippen molar-refractivity contribution in [3.8, 4) is 0 Å². The van der Waals surface area contributed by atoms with Crippen LogP contribution < -0.4 is 5.32 Å². The van der Waals surface area contributed by atoms with Gasteiger partial charge in [0, 0.05) is 18.1 Å². The predicted molar refractivity (Wildman–Crippen MR) is 78.0 cm³/mol. The summed E-state index contributed by atoms with van der Waals surface area (Å²) < 4.78 is 7.98. The van der Waals surface area contributed by atoms with E-state index in [9.17, 15) is 0 Å². The van der Waals surface area contributed by atoms with Gasteiger partial charge in [0.15, 0.2) is 0 Å². The largest absolute Gasteiger partial charge is 0.360 e. The van der Waals surface area contributed by atoms with Crippen LogP contribution in [0.1, 0.15) is 25.3 Å². The highest BCUT2D eigenvalue weighted by Crippen LogP contribution is 2.29. The summed E-state index contributed by atoms with van der Waals surface area (Å²) in [7, 11) is 0. The van der Waals surface area contributed by atoms with Gasteiger partial charge in [-0.3, -0.25) is 0 Å². The lowest BCUT2D eigenvalue weighted by atomic mass is 10.1. The number of nitrogens with one attached hydrogen (secondary N) is 1. The zero-order valence-corrected chi connectivity index (χ0v) is 11.6. The lowest BCUT2D eigenvalue weighted by molar-refractivity contribution is 0.0718. The van der Waals surface area contributed by atoms with Gasteiger partial charge < -0.3 is 14.6 Å². The molecule has 1 fully saturated rings. The summed E-state index contributed by atoms with van der Waals surface area (Å²) in [6, 6.07) is 8.69. The molecule has 3 rings (SSSR count). The third-order valence-electron chi connectivity index (χ3n) is 3.75. The van der Waals surface area contributed by atoms with Crippen LogP contribution in [0.25, 0.3) is 10.9 Å². The molecule has 1 heterocycles. The first-order valence-corrected chi connectivity index (χ1v) is 7.23. The first-order valence-electron chi connectivity index (χ1n) is 7.23. The Bertz CT molecular complexity index is 543. The molecule has 1 aliphatic carbocycles. The standard InChI is InChI=1S/C16H22N2O/c1-2-17-10-14-4-3-5-16-15(14)8-9-18(16)12-19-11-13-6-7-13/h3-5,8-9,13,17H,2,6-7,10-12H2,1H3. The molecule has 1 aliphatic rings. The van der Waals surface area contributed by atoms with Gasteiger partial charge in [-0.2, -0.15) is 0 Å². The van der Waals surface area contributed by atoms with Crippen molar-refractivity contribution >= 4 is 10.9 Å². The first kappa shape index (κ1) is 12.7. The molecule has 0 saturated heterocycles. The van der Waals surface area contributed by atoms with Crippen molar-refractivity contribution in [1.29, 1.82) is 0 Å². The number of rotatable bonds is 7. The second-order valence-electron chi connectivity index (χ2n) is 5.36. The van der Waals surface area contributed by atoms with Crippen LogP contribution in [-0.4, -0.2) is 17.7 Å². The van der Waals surface area contributed by atoms with E-state index in [1.807, 2.05) is 0 Å². The minimum atomic E-state index is 0.671. The number of fused-ring (bicyclic) bond motifs is 1. The molecule has 3 heteroatoms. The normalized spacial score (nSPS) is 15.2. The minimum Gasteiger partial charge on any atom is -0.360 e. The van der Waals surface area contributed by atoms with E-state index >= 15 is 0 Å². The van der Waals surface area contributed by atoms with Gasteiger partial charge in [0.25, 0.3) is 0 Å². The molecule has 2 aromatic rings. The lowest BCUT2D eigenvalue weighted by Crippen LogP contribution is -2.11. The molecular formula is C16H22N2O. The zero-order chi connectivity index (χ0) is 13.1. The van der Waals surface area contributed by atoms with E-state index in [0.717, 1.165) is 25.6 Å². The quantitative estimate of drug-likeness (QED) is 0.825. The van der Waals surface area contributed by atoms with Crippen LogP contribution >= 0.6 is 0 Å². The van der Waals surface area contributed by atoms with Crippen molar-refractivity contribution in [2.45, 2.75) is 33.0 Å². The van der Waals surface area contributed by atoms with Crippen molar-refractivity contribution in [2.24, 2.45) is 5.92 Å². The first-order chi connectivity index (χ1) is 9.38. The molecule has 0 bridgehead atoms. The molecule has 1 aromatic heterocycles. The molecule has 3 nitrogen and oxygen atoms in total. The smallest absolute Gasteiger partial charge is 0.122 e. The maximum atomic E-state index is 5.78. The second kappa shape index (κ2) is 5.76. The van der Waals surface area contributed by atoms with Crippen LogP contribution in [0.4, 0.5) is 0 Å². The fourth-order valence-electron chi connectivity index (χ4n) is 2.42. The van der Waals surface area contributed by atoms with Gasteiger partial charge in [-0.15, -0.1) is 0 Å². The van der Waals surface area contributed by atoms with Gasteiger partial charge >= 0.3 is 0 Å². The van der Waals surface area contributed by atoms with E-state index in [1.54, 1.807) is 0 Å². The molecule has 0 unspecified atom stereocenters. The molecule has 1 aromatic carbocycles. The average molecular weight is 258 g/mol. The monoisotopic (exact) mass is 258 g/mol. The maximum absolute atomic E-state index is 5.78. The highest BCUT2D eigenvalue weighted by Gasteiger charge is 2.21. The molecule has 102 valence electrons. The molecule has 0 atom stereocenters. The minimum absolute atomic E-state index is 0.671. The zero-order valence-electron chi connectivity index (χ0n) is 11.6. The van der Waals surface area contributed by atoms with Crippen LogP contribution in [0, 0.1) is 5.92 Å². The van der Waals surface area contributed by atoms with Crippen LogP contribution in [0.2, 0.25) is 0 Å². The second-order valence-corrected chi connectivity index (χ2v) is 5.36. The maximum Gasteiger partial charge on any atom is 0.122 e. The van der Waals surface area contributed by atoms with E-state index in [2.05, 4.69) is 47.3 Å². The molecule has 0 radical (unpaired) electrons. The summed E-state index contributed by atoms with van der Waals surface area (Å²) in [5.41, 5.74) is 2.63. The van der Waals surface area contributed by atoms with Gasteiger partial charge in [-0.25, -0.2) is 0 Å². The van der Waals surface area contributed by atoms with Crippen molar-refractivity contribution in [3.05, 3.63) is 36.0 Å². The van der Waals surface area contributed by atoms with Gasteiger partial charge in [0.1, 0.15) is 6.73 Å². The van der Waals surface area contributed by atoms with Gasteiger partial charge in [-0.05, 0) is 43.0 Å². The molecule has 19 heavy (non-hydrogen) atoms. The van der Waals surface area contributed by atoms with Crippen LogP contribution in [0.15, 0.2) is 30.5 Å². The highest BCUT2D eigenvalue weighted by molar-refractivity contribution is 5.83. The fourth-order valence-corrected chi connectivity index (χ4v) is 2.42. The number of hydrogen-bond acceptors (Lipinski definition) is 2. The van der Waals surface area contributed by atoms with Crippen molar-refractivity contribution in [1.82, 2.24) is 9.88 Å². The Labute approximate surface area is 114 Å². The Kier molecular flexibility index (Phi) is 3.85. The number of ether oxygens (including phenoxy) is 1. The summed E-state index contributed by atoms with van der Waals surface area (Å²) in [6.07, 6.45) is 4.82. The predicted octanol–water partition coefficient (Wildman–Crippen LogP) is 3.13. The topological polar surface area (TPSA) is 26.2 Å². The molecule has 0 aliphatic heterocycles. The number of aromatic nitrogens is 1. The Morgan fingerprint density at radius 1 is 1.32 bits per heavy atom. The average Bonchev–Trinajstić information content (AvgIpc) is 3.16. The summed E-state index contributed by atoms with van der Waals surface area (Å²) >= 11 is 0. The summed E-state index contributed by atoms with van der Waals surface area (Å²) in [6.45, 7) is 5.65. The Morgan fingerprint density at radius 3 is 3.00 bits per heavy atom. The molecule has 0 amide bonds. The summed E-state index contributed by atoms with van der Waals surface area (Å²) in [5, 5.41) is 4.72. The van der Waals surface area contributed by atoms with E-state index in [1.165, 1.54) is 29.3 Å². The van der Waals surface area contributed by atoms with E-state index in [4.69, 9.17) is 4.74 Å². The lowest BCUT2D eigenvalue weighted by Gasteiger charge is -2.08. The van der Waals surface area contributed by atoms with E-state index in [0.29, 0.717) is 6.73 Å². The SMILES string of the molecule is CCNCc1cccc2c1ccn2COCC1CC1. The number of nitrogens with zero attached hydrogens (tertiary/aromatic N) is 1. The number of benzene rings is 1.